The molecule has 0 saturated heterocycles. The zero-order chi connectivity index (χ0) is 11.3. The second-order valence-electron chi connectivity index (χ2n) is 2.84. The predicted molar refractivity (Wildman–Crippen MR) is 61.3 cm³/mol. The highest BCUT2D eigenvalue weighted by Gasteiger charge is 2.17. The third-order valence-electron chi connectivity index (χ3n) is 1.90. The van der Waals surface area contributed by atoms with Crippen molar-refractivity contribution in [2.24, 2.45) is 0 Å². The molecule has 0 heterocycles. The molecule has 5 heteroatoms. The molecule has 0 unspecified atom stereocenters. The highest BCUT2D eigenvalue weighted by molar-refractivity contribution is 7.84. The van der Waals surface area contributed by atoms with Crippen molar-refractivity contribution in [1.82, 2.24) is 10.2 Å². The van der Waals surface area contributed by atoms with Gasteiger partial charge in [-0.25, -0.2) is 9.69 Å². The zero-order valence-electron chi connectivity index (χ0n) is 8.30. The van der Waals surface area contributed by atoms with Gasteiger partial charge in [0, 0.05) is 12.0 Å². The predicted octanol–water partition coefficient (Wildman–Crippen LogP) is 1.44. The van der Waals surface area contributed by atoms with Gasteiger partial charge in [-0.05, 0) is 12.5 Å². The van der Waals surface area contributed by atoms with Crippen molar-refractivity contribution in [3.63, 3.8) is 0 Å². The average Bonchev–Trinajstić information content (AvgIpc) is 2.45. The van der Waals surface area contributed by atoms with E-state index in [2.05, 4.69) is 17.9 Å². The number of nitrogens with one attached hydrogen (secondary N) is 1. The molecule has 15 heavy (non-hydrogen) atoms. The summed E-state index contributed by atoms with van der Waals surface area (Å²) in [5.41, 5.74) is 0.498. The van der Waals surface area contributed by atoms with E-state index in [-0.39, 0.29) is 0 Å². The Morgan fingerprint density at radius 1 is 1.67 bits per heavy atom. The number of hydrogen-bond acceptors (Lipinski definition) is 3. The molecule has 4 nitrogen and oxygen atoms in total. The highest BCUT2D eigenvalue weighted by atomic mass is 32.1. The van der Waals surface area contributed by atoms with Crippen molar-refractivity contribution in [2.45, 2.75) is 6.42 Å². The lowest BCUT2D eigenvalue weighted by molar-refractivity contribution is -0.114. The Morgan fingerprint density at radius 3 is 3.00 bits per heavy atom. The fourth-order valence-electron chi connectivity index (χ4n) is 1.16. The molecule has 1 N–H and O–H groups in total. The van der Waals surface area contributed by atoms with Crippen LogP contribution in [0.4, 0.5) is 4.79 Å². The van der Waals surface area contributed by atoms with Gasteiger partial charge in [0.05, 0.1) is 5.70 Å². The maximum absolute atomic E-state index is 11.4. The van der Waals surface area contributed by atoms with Gasteiger partial charge in [-0.1, -0.05) is 18.2 Å². The van der Waals surface area contributed by atoms with E-state index in [0.29, 0.717) is 23.4 Å². The maximum atomic E-state index is 11.4. The second-order valence-corrected chi connectivity index (χ2v) is 3.32. The van der Waals surface area contributed by atoms with Gasteiger partial charge in [-0.15, -0.1) is 12.6 Å². The molecule has 0 aromatic rings. The minimum absolute atomic E-state index is 0.472. The van der Waals surface area contributed by atoms with E-state index >= 15 is 0 Å². The van der Waals surface area contributed by atoms with Crippen LogP contribution in [0.5, 0.6) is 0 Å². The first kappa shape index (κ1) is 11.6. The molecular weight excluding hydrogens is 212 g/mol. The van der Waals surface area contributed by atoms with Crippen LogP contribution in [-0.2, 0) is 4.79 Å². The number of thiol groups is 1. The Labute approximate surface area is 93.7 Å². The molecule has 0 aromatic carbocycles. The molecule has 0 aromatic heterocycles. The van der Waals surface area contributed by atoms with Gasteiger partial charge in [-0.2, -0.15) is 0 Å². The van der Waals surface area contributed by atoms with Crippen LogP contribution in [0.25, 0.3) is 0 Å². The van der Waals surface area contributed by atoms with Crippen LogP contribution >= 0.6 is 12.6 Å². The first-order valence-corrected chi connectivity index (χ1v) is 4.88. The average molecular weight is 224 g/mol. The molecule has 80 valence electrons. The summed E-state index contributed by atoms with van der Waals surface area (Å²) < 4.78 is 0. The number of carbonyl (C=O) groups excluding carboxylic acids is 2. The Kier molecular flexibility index (Phi) is 4.17. The molecule has 0 atom stereocenters. The first-order chi connectivity index (χ1) is 7.20. The Bertz CT molecular complexity index is 358. The van der Waals surface area contributed by atoms with Gasteiger partial charge in [0.25, 0.3) is 0 Å². The quantitative estimate of drug-likeness (QED) is 0.551. The van der Waals surface area contributed by atoms with Crippen molar-refractivity contribution in [1.29, 1.82) is 0 Å². The summed E-state index contributed by atoms with van der Waals surface area (Å²) in [6.45, 7) is 0. The number of amides is 3. The van der Waals surface area contributed by atoms with Crippen LogP contribution in [0, 0.1) is 0 Å². The fourth-order valence-corrected chi connectivity index (χ4v) is 1.45. The minimum Gasteiger partial charge on any atom is -0.340 e. The van der Waals surface area contributed by atoms with Crippen LogP contribution in [0.3, 0.4) is 0 Å². The third-order valence-corrected chi connectivity index (χ3v) is 2.28. The van der Waals surface area contributed by atoms with Crippen molar-refractivity contribution in [2.75, 3.05) is 7.05 Å². The lowest BCUT2D eigenvalue weighted by Gasteiger charge is -2.18. The van der Waals surface area contributed by atoms with Crippen LogP contribution in [0.2, 0.25) is 0 Å². The number of carbonyl (C=O) groups is 2. The molecule has 3 amide bonds. The van der Waals surface area contributed by atoms with Gasteiger partial charge < -0.3 is 5.32 Å². The number of nitrogens with zero attached hydrogens (tertiary/aromatic N) is 1. The summed E-state index contributed by atoms with van der Waals surface area (Å²) in [4.78, 5) is 23.7. The van der Waals surface area contributed by atoms with E-state index in [9.17, 15) is 9.59 Å². The SMILES string of the molecule is CNC(=O)N(C=O)C1=CCC=CC=C1S. The summed E-state index contributed by atoms with van der Waals surface area (Å²) in [6, 6.07) is -0.474. The zero-order valence-corrected chi connectivity index (χ0v) is 9.20. The summed E-state index contributed by atoms with van der Waals surface area (Å²) in [5, 5.41) is 2.39. The Balaban J connectivity index is 2.98. The number of rotatable bonds is 2. The monoisotopic (exact) mass is 224 g/mol. The topological polar surface area (TPSA) is 49.4 Å². The molecule has 0 fully saturated rings. The molecule has 1 aliphatic carbocycles. The molecule has 1 aliphatic rings. The minimum atomic E-state index is -0.474. The fraction of sp³-hybridized carbons (Fsp3) is 0.200. The number of urea groups is 1. The molecule has 0 radical (unpaired) electrons. The lowest BCUT2D eigenvalue weighted by Crippen LogP contribution is -2.36. The third kappa shape index (κ3) is 2.73. The largest absolute Gasteiger partial charge is 0.340 e. The smallest absolute Gasteiger partial charge is 0.328 e. The standard InChI is InChI=1S/C10H12N2O2S/c1-11-10(14)12(7-13)8-5-3-2-4-6-9(8)15/h2,4-7,15H,3H2,1H3,(H,11,14). The summed E-state index contributed by atoms with van der Waals surface area (Å²) >= 11 is 4.21. The Hall–Kier alpha value is -1.49. The van der Waals surface area contributed by atoms with Gasteiger partial charge >= 0.3 is 6.03 Å². The molecule has 0 saturated carbocycles. The van der Waals surface area contributed by atoms with E-state index in [4.69, 9.17) is 0 Å². The number of allylic oxidation sites excluding steroid dienone is 4. The van der Waals surface area contributed by atoms with Crippen molar-refractivity contribution < 1.29 is 9.59 Å². The first-order valence-electron chi connectivity index (χ1n) is 4.43. The summed E-state index contributed by atoms with van der Waals surface area (Å²) in [6.07, 6.45) is 8.39. The van der Waals surface area contributed by atoms with E-state index < -0.39 is 6.03 Å². The summed E-state index contributed by atoms with van der Waals surface area (Å²) in [7, 11) is 1.47. The van der Waals surface area contributed by atoms with E-state index in [1.807, 2.05) is 12.2 Å². The second kappa shape index (κ2) is 5.41. The highest BCUT2D eigenvalue weighted by Crippen LogP contribution is 2.20. The van der Waals surface area contributed by atoms with E-state index in [1.165, 1.54) is 7.05 Å². The summed E-state index contributed by atoms with van der Waals surface area (Å²) in [5.74, 6) is 0. The van der Waals surface area contributed by atoms with Gasteiger partial charge in [-0.3, -0.25) is 4.79 Å². The molecule has 0 bridgehead atoms. The van der Waals surface area contributed by atoms with Crippen molar-refractivity contribution in [3.8, 4) is 0 Å². The van der Waals surface area contributed by atoms with Crippen LogP contribution < -0.4 is 5.32 Å². The van der Waals surface area contributed by atoms with Crippen LogP contribution in [0.15, 0.2) is 34.9 Å². The van der Waals surface area contributed by atoms with Crippen LogP contribution in [-0.4, -0.2) is 24.4 Å². The molecular formula is C10H12N2O2S. The van der Waals surface area contributed by atoms with Crippen molar-refractivity contribution >= 4 is 25.1 Å². The maximum Gasteiger partial charge on any atom is 0.328 e. The van der Waals surface area contributed by atoms with Gasteiger partial charge in [0.15, 0.2) is 0 Å². The van der Waals surface area contributed by atoms with Gasteiger partial charge in [0.2, 0.25) is 6.41 Å². The van der Waals surface area contributed by atoms with Gasteiger partial charge in [0.1, 0.15) is 0 Å². The number of imide groups is 1. The Morgan fingerprint density at radius 2 is 2.40 bits per heavy atom. The molecule has 1 rings (SSSR count). The number of hydrogen-bond donors (Lipinski definition) is 2. The van der Waals surface area contributed by atoms with E-state index in [1.54, 1.807) is 12.2 Å². The molecule has 0 aliphatic heterocycles. The van der Waals surface area contributed by atoms with Crippen LogP contribution in [0.1, 0.15) is 6.42 Å². The normalized spacial score (nSPS) is 14.8. The van der Waals surface area contributed by atoms with Crippen molar-refractivity contribution in [3.05, 3.63) is 34.9 Å². The lowest BCUT2D eigenvalue weighted by atomic mass is 10.3. The molecule has 0 spiro atoms. The van der Waals surface area contributed by atoms with E-state index in [0.717, 1.165) is 4.90 Å².